The van der Waals surface area contributed by atoms with Gasteiger partial charge in [-0.3, -0.25) is 4.79 Å². The van der Waals surface area contributed by atoms with Gasteiger partial charge in [0, 0.05) is 16.5 Å². The van der Waals surface area contributed by atoms with Crippen molar-refractivity contribution in [2.45, 2.75) is 4.90 Å². The molecule has 0 fully saturated rings. The third kappa shape index (κ3) is 3.74. The van der Waals surface area contributed by atoms with Crippen LogP contribution in [0.1, 0.15) is 20.7 Å². The van der Waals surface area contributed by atoms with Crippen LogP contribution in [0.5, 0.6) is 0 Å². The Morgan fingerprint density at radius 1 is 1.25 bits per heavy atom. The van der Waals surface area contributed by atoms with Crippen LogP contribution in [0.4, 0.5) is 0 Å². The summed E-state index contributed by atoms with van der Waals surface area (Å²) in [5, 5.41) is 0. The number of benzene rings is 1. The fourth-order valence-electron chi connectivity index (χ4n) is 1.49. The average Bonchev–Trinajstić information content (AvgIpc) is 2.91. The molecule has 6 heteroatoms. The molecule has 0 unspecified atom stereocenters. The lowest BCUT2D eigenvalue weighted by molar-refractivity contribution is 0.0474. The fourth-order valence-corrected chi connectivity index (χ4v) is 2.24. The zero-order valence-electron chi connectivity index (χ0n) is 10.6. The first-order chi connectivity index (χ1) is 9.60. The first-order valence-corrected chi connectivity index (χ1v) is 7.70. The van der Waals surface area contributed by atoms with Crippen molar-refractivity contribution >= 4 is 39.4 Å². The molecule has 2 rings (SSSR count). The maximum Gasteiger partial charge on any atom is 0.341 e. The van der Waals surface area contributed by atoms with Gasteiger partial charge in [-0.1, -0.05) is 12.1 Å². The third-order valence-corrected chi connectivity index (χ3v) is 3.71. The monoisotopic (exact) mass is 354 g/mol. The lowest BCUT2D eigenvalue weighted by atomic mass is 10.1. The van der Waals surface area contributed by atoms with E-state index in [1.807, 2.05) is 18.4 Å². The van der Waals surface area contributed by atoms with Gasteiger partial charge in [0.2, 0.25) is 0 Å². The summed E-state index contributed by atoms with van der Waals surface area (Å²) < 4.78 is 10.3. The van der Waals surface area contributed by atoms with Crippen molar-refractivity contribution in [3.63, 3.8) is 0 Å². The molecule has 0 bridgehead atoms. The maximum absolute atomic E-state index is 11.9. The summed E-state index contributed by atoms with van der Waals surface area (Å²) >= 11 is 4.68. The molecule has 0 amide bonds. The number of carbonyl (C=O) groups excluding carboxylic acids is 2. The number of rotatable bonds is 5. The first kappa shape index (κ1) is 14.9. The van der Waals surface area contributed by atoms with Crippen LogP contribution in [0.3, 0.4) is 0 Å². The quantitative estimate of drug-likeness (QED) is 0.464. The van der Waals surface area contributed by atoms with Gasteiger partial charge >= 0.3 is 5.97 Å². The molecule has 0 N–H and O–H groups in total. The molecule has 1 aromatic carbocycles. The van der Waals surface area contributed by atoms with Gasteiger partial charge in [-0.25, -0.2) is 4.79 Å². The van der Waals surface area contributed by atoms with Crippen molar-refractivity contribution < 1.29 is 18.7 Å². The molecule has 0 radical (unpaired) electrons. The molecule has 1 aromatic heterocycles. The first-order valence-electron chi connectivity index (χ1n) is 5.68. The minimum absolute atomic E-state index is 0.242. The molecule has 104 valence electrons. The van der Waals surface area contributed by atoms with Crippen molar-refractivity contribution in [1.29, 1.82) is 0 Å². The zero-order chi connectivity index (χ0) is 14.5. The molecule has 0 saturated carbocycles. The van der Waals surface area contributed by atoms with Crippen LogP contribution in [0.25, 0.3) is 0 Å². The molecule has 2 aromatic rings. The molecule has 0 aliphatic heterocycles. The highest BCUT2D eigenvalue weighted by Crippen LogP contribution is 2.16. The predicted molar refractivity (Wildman–Crippen MR) is 79.2 cm³/mol. The van der Waals surface area contributed by atoms with Gasteiger partial charge in [0.05, 0.1) is 5.56 Å². The Morgan fingerprint density at radius 3 is 2.50 bits per heavy atom. The molecule has 1 heterocycles. The number of thioether (sulfide) groups is 1. The van der Waals surface area contributed by atoms with Gasteiger partial charge in [0.15, 0.2) is 17.1 Å². The second kappa shape index (κ2) is 6.76. The number of Topliss-reactive ketones (excluding diaryl/α,β-unsaturated/α-hetero) is 1. The zero-order valence-corrected chi connectivity index (χ0v) is 13.0. The SMILES string of the molecule is CSc1ccc(C(=O)COC(=O)c2coc(Br)c2)cc1. The molecule has 4 nitrogen and oxygen atoms in total. The molecule has 0 aliphatic carbocycles. The highest BCUT2D eigenvalue weighted by atomic mass is 79.9. The van der Waals surface area contributed by atoms with E-state index in [-0.39, 0.29) is 18.0 Å². The van der Waals surface area contributed by atoms with Crippen LogP contribution in [0.15, 0.2) is 50.6 Å². The third-order valence-electron chi connectivity index (χ3n) is 2.55. The van der Waals surface area contributed by atoms with E-state index in [9.17, 15) is 9.59 Å². The molecule has 0 aliphatic rings. The van der Waals surface area contributed by atoms with E-state index < -0.39 is 5.97 Å². The normalized spacial score (nSPS) is 10.3. The Labute approximate surface area is 128 Å². The van der Waals surface area contributed by atoms with E-state index in [1.54, 1.807) is 23.9 Å². The number of esters is 1. The minimum atomic E-state index is -0.589. The number of ether oxygens (including phenoxy) is 1. The predicted octanol–water partition coefficient (Wildman–Crippen LogP) is 3.80. The summed E-state index contributed by atoms with van der Waals surface area (Å²) in [6.45, 7) is -0.291. The summed E-state index contributed by atoms with van der Waals surface area (Å²) in [7, 11) is 0. The van der Waals surface area contributed by atoms with Crippen molar-refractivity contribution in [1.82, 2.24) is 0 Å². The second-order valence-electron chi connectivity index (χ2n) is 3.87. The summed E-state index contributed by atoms with van der Waals surface area (Å²) in [6, 6.07) is 8.63. The van der Waals surface area contributed by atoms with Gasteiger partial charge < -0.3 is 9.15 Å². The van der Waals surface area contributed by atoms with Gasteiger partial charge in [-0.05, 0) is 34.3 Å². The summed E-state index contributed by atoms with van der Waals surface area (Å²) in [5.41, 5.74) is 0.784. The maximum atomic E-state index is 11.9. The largest absolute Gasteiger partial charge is 0.457 e. The van der Waals surface area contributed by atoms with Crippen LogP contribution in [0.2, 0.25) is 0 Å². The molecular formula is C14H11BrO4S. The van der Waals surface area contributed by atoms with Crippen LogP contribution < -0.4 is 0 Å². The highest BCUT2D eigenvalue weighted by Gasteiger charge is 2.13. The van der Waals surface area contributed by atoms with E-state index in [2.05, 4.69) is 15.9 Å². The average molecular weight is 355 g/mol. The fraction of sp³-hybridized carbons (Fsp3) is 0.143. The molecule has 0 atom stereocenters. The number of hydrogen-bond donors (Lipinski definition) is 0. The molecule has 20 heavy (non-hydrogen) atoms. The standard InChI is InChI=1S/C14H11BrO4S/c1-20-11-4-2-9(3-5-11)12(16)8-19-14(17)10-6-13(15)18-7-10/h2-7H,8H2,1H3. The van der Waals surface area contributed by atoms with Crippen LogP contribution >= 0.6 is 27.7 Å². The Kier molecular flexibility index (Phi) is 5.03. The van der Waals surface area contributed by atoms with Crippen LogP contribution in [-0.2, 0) is 4.74 Å². The van der Waals surface area contributed by atoms with Gasteiger partial charge in [0.1, 0.15) is 6.26 Å². The second-order valence-corrected chi connectivity index (χ2v) is 5.53. The van der Waals surface area contributed by atoms with Crippen molar-refractivity contribution in [2.75, 3.05) is 12.9 Å². The Balaban J connectivity index is 1.92. The number of halogens is 1. The van der Waals surface area contributed by atoms with Gasteiger partial charge in [-0.2, -0.15) is 0 Å². The van der Waals surface area contributed by atoms with Crippen molar-refractivity contribution in [2.24, 2.45) is 0 Å². The lowest BCUT2D eigenvalue weighted by Gasteiger charge is -2.03. The summed E-state index contributed by atoms with van der Waals surface area (Å²) in [5.74, 6) is -0.831. The van der Waals surface area contributed by atoms with E-state index in [1.165, 1.54) is 12.3 Å². The van der Waals surface area contributed by atoms with E-state index in [4.69, 9.17) is 9.15 Å². The Morgan fingerprint density at radius 2 is 1.95 bits per heavy atom. The van der Waals surface area contributed by atoms with Crippen molar-refractivity contribution in [3.05, 3.63) is 52.4 Å². The molecular weight excluding hydrogens is 344 g/mol. The van der Waals surface area contributed by atoms with E-state index >= 15 is 0 Å². The topological polar surface area (TPSA) is 56.5 Å². The van der Waals surface area contributed by atoms with Gasteiger partial charge in [-0.15, -0.1) is 11.8 Å². The lowest BCUT2D eigenvalue weighted by Crippen LogP contribution is -2.13. The number of hydrogen-bond acceptors (Lipinski definition) is 5. The molecule has 0 saturated heterocycles. The Hall–Kier alpha value is -1.53. The van der Waals surface area contributed by atoms with Crippen molar-refractivity contribution in [3.8, 4) is 0 Å². The summed E-state index contributed by atoms with van der Waals surface area (Å²) in [4.78, 5) is 24.6. The van der Waals surface area contributed by atoms with Crippen LogP contribution in [0, 0.1) is 0 Å². The van der Waals surface area contributed by atoms with E-state index in [0.717, 1.165) is 4.90 Å². The van der Waals surface area contributed by atoms with Gasteiger partial charge in [0.25, 0.3) is 0 Å². The minimum Gasteiger partial charge on any atom is -0.457 e. The highest BCUT2D eigenvalue weighted by molar-refractivity contribution is 9.10. The van der Waals surface area contributed by atoms with E-state index in [0.29, 0.717) is 10.2 Å². The Bertz CT molecular complexity index is 618. The summed E-state index contributed by atoms with van der Waals surface area (Å²) in [6.07, 6.45) is 3.23. The number of carbonyl (C=O) groups is 2. The number of furan rings is 1. The smallest absolute Gasteiger partial charge is 0.341 e. The van der Waals surface area contributed by atoms with Crippen LogP contribution in [-0.4, -0.2) is 24.6 Å². The number of ketones is 1. The molecule has 0 spiro atoms.